The summed E-state index contributed by atoms with van der Waals surface area (Å²) in [6.07, 6.45) is 1.05. The maximum atomic E-state index is 12.0. The van der Waals surface area contributed by atoms with Crippen LogP contribution in [0.4, 0.5) is 5.69 Å². The summed E-state index contributed by atoms with van der Waals surface area (Å²) in [5.74, 6) is 0.357. The number of anilines is 1. The highest BCUT2D eigenvalue weighted by atomic mass is 32.2. The number of nitrogen functional groups attached to an aromatic ring is 1. The fraction of sp³-hybridized carbons (Fsp3) is 0.538. The Hall–Kier alpha value is -1.11. The zero-order chi connectivity index (χ0) is 13.9. The molecule has 1 aliphatic heterocycles. The third kappa shape index (κ3) is 4.19. The van der Waals surface area contributed by atoms with Gasteiger partial charge in [0.2, 0.25) is 10.0 Å². The molecule has 106 valence electrons. The van der Waals surface area contributed by atoms with Crippen LogP contribution >= 0.6 is 0 Å². The summed E-state index contributed by atoms with van der Waals surface area (Å²) in [7, 11) is -1.26. The van der Waals surface area contributed by atoms with Gasteiger partial charge in [-0.05, 0) is 37.6 Å². The van der Waals surface area contributed by atoms with Gasteiger partial charge in [-0.25, -0.2) is 13.1 Å². The van der Waals surface area contributed by atoms with Crippen LogP contribution in [-0.2, 0) is 15.8 Å². The van der Waals surface area contributed by atoms with Crippen LogP contribution in [0.25, 0.3) is 0 Å². The van der Waals surface area contributed by atoms with E-state index in [1.165, 1.54) is 0 Å². The summed E-state index contributed by atoms with van der Waals surface area (Å²) in [6, 6.07) is 7.06. The van der Waals surface area contributed by atoms with Gasteiger partial charge in [0.15, 0.2) is 0 Å². The Kier molecular flexibility index (Phi) is 4.44. The van der Waals surface area contributed by atoms with Gasteiger partial charge in [0, 0.05) is 18.8 Å². The Morgan fingerprint density at radius 3 is 2.79 bits per heavy atom. The van der Waals surface area contributed by atoms with Crippen LogP contribution in [0.3, 0.4) is 0 Å². The molecule has 0 amide bonds. The van der Waals surface area contributed by atoms with Gasteiger partial charge >= 0.3 is 0 Å². The van der Waals surface area contributed by atoms with Crippen LogP contribution in [0.1, 0.15) is 12.0 Å². The van der Waals surface area contributed by atoms with Gasteiger partial charge in [0.1, 0.15) is 0 Å². The number of benzene rings is 1. The molecule has 0 aliphatic carbocycles. The molecule has 2 rings (SSSR count). The topological polar surface area (TPSA) is 75.4 Å². The molecule has 0 spiro atoms. The van der Waals surface area contributed by atoms with Crippen LogP contribution in [0.15, 0.2) is 24.3 Å². The SMILES string of the molecule is CN1CCC(CNS(=O)(=O)Cc2ccccc2N)C1. The first-order chi connectivity index (χ1) is 8.96. The molecule has 5 nitrogen and oxygen atoms in total. The summed E-state index contributed by atoms with van der Waals surface area (Å²) < 4.78 is 26.7. The molecule has 19 heavy (non-hydrogen) atoms. The van der Waals surface area contributed by atoms with Crippen molar-refractivity contribution < 1.29 is 8.42 Å². The van der Waals surface area contributed by atoms with Crippen LogP contribution in [0.5, 0.6) is 0 Å². The van der Waals surface area contributed by atoms with Crippen molar-refractivity contribution in [3.63, 3.8) is 0 Å². The van der Waals surface area contributed by atoms with E-state index in [0.717, 1.165) is 19.5 Å². The number of hydrogen-bond donors (Lipinski definition) is 2. The molecule has 0 saturated carbocycles. The minimum absolute atomic E-state index is 0.0533. The average Bonchev–Trinajstić information content (AvgIpc) is 2.76. The first-order valence-electron chi connectivity index (χ1n) is 6.45. The molecule has 6 heteroatoms. The molecule has 1 fully saturated rings. The maximum absolute atomic E-state index is 12.0. The molecule has 1 saturated heterocycles. The first-order valence-corrected chi connectivity index (χ1v) is 8.11. The second kappa shape index (κ2) is 5.90. The lowest BCUT2D eigenvalue weighted by atomic mass is 10.1. The van der Waals surface area contributed by atoms with Gasteiger partial charge in [-0.2, -0.15) is 0 Å². The number of likely N-dealkylation sites (tertiary alicyclic amines) is 1. The predicted molar refractivity (Wildman–Crippen MR) is 77.1 cm³/mol. The highest BCUT2D eigenvalue weighted by Gasteiger charge is 2.21. The monoisotopic (exact) mass is 283 g/mol. The Bertz CT molecular complexity index is 530. The average molecular weight is 283 g/mol. The molecular formula is C13H21N3O2S. The number of nitrogens with two attached hydrogens (primary N) is 1. The van der Waals surface area contributed by atoms with Crippen LogP contribution in [0, 0.1) is 5.92 Å². The molecule has 1 aromatic carbocycles. The Morgan fingerprint density at radius 2 is 2.16 bits per heavy atom. The lowest BCUT2D eigenvalue weighted by molar-refractivity contribution is 0.394. The van der Waals surface area contributed by atoms with Crippen molar-refractivity contribution in [2.45, 2.75) is 12.2 Å². The zero-order valence-corrected chi connectivity index (χ0v) is 12.0. The molecule has 1 unspecified atom stereocenters. The van der Waals surface area contributed by atoms with E-state index in [2.05, 4.69) is 16.7 Å². The molecule has 3 N–H and O–H groups in total. The molecular weight excluding hydrogens is 262 g/mol. The fourth-order valence-electron chi connectivity index (χ4n) is 2.36. The van der Waals surface area contributed by atoms with E-state index in [-0.39, 0.29) is 5.75 Å². The smallest absolute Gasteiger partial charge is 0.215 e. The van der Waals surface area contributed by atoms with Crippen LogP contribution in [-0.4, -0.2) is 40.0 Å². The standard InChI is InChI=1S/C13H21N3O2S/c1-16-7-6-11(9-16)8-15-19(17,18)10-12-4-2-3-5-13(12)14/h2-5,11,15H,6-10,14H2,1H3. The highest BCUT2D eigenvalue weighted by Crippen LogP contribution is 2.16. The summed E-state index contributed by atoms with van der Waals surface area (Å²) in [6.45, 7) is 2.51. The number of para-hydroxylation sites is 1. The van der Waals surface area contributed by atoms with Gasteiger partial charge in [0.05, 0.1) is 5.75 Å². The van der Waals surface area contributed by atoms with Crippen LogP contribution in [0.2, 0.25) is 0 Å². The highest BCUT2D eigenvalue weighted by molar-refractivity contribution is 7.88. The van der Waals surface area contributed by atoms with E-state index in [0.29, 0.717) is 23.7 Å². The van der Waals surface area contributed by atoms with Crippen molar-refractivity contribution in [2.75, 3.05) is 32.4 Å². The second-order valence-electron chi connectivity index (χ2n) is 5.22. The summed E-state index contributed by atoms with van der Waals surface area (Å²) in [5.41, 5.74) is 6.94. The fourth-order valence-corrected chi connectivity index (χ4v) is 3.62. The minimum atomic E-state index is -3.31. The van der Waals surface area contributed by atoms with Gasteiger partial charge in [-0.3, -0.25) is 0 Å². The molecule has 1 aliphatic rings. The van der Waals surface area contributed by atoms with Gasteiger partial charge in [0.25, 0.3) is 0 Å². The van der Waals surface area contributed by atoms with Gasteiger partial charge in [-0.15, -0.1) is 0 Å². The number of nitrogens with one attached hydrogen (secondary N) is 1. The van der Waals surface area contributed by atoms with Crippen molar-refractivity contribution in [3.05, 3.63) is 29.8 Å². The quantitative estimate of drug-likeness (QED) is 0.778. The zero-order valence-electron chi connectivity index (χ0n) is 11.2. The van der Waals surface area contributed by atoms with Crippen molar-refractivity contribution in [3.8, 4) is 0 Å². The van der Waals surface area contributed by atoms with Crippen molar-refractivity contribution >= 4 is 15.7 Å². The van der Waals surface area contributed by atoms with E-state index in [4.69, 9.17) is 5.73 Å². The largest absolute Gasteiger partial charge is 0.398 e. The molecule has 1 atom stereocenters. The maximum Gasteiger partial charge on any atom is 0.215 e. The van der Waals surface area contributed by atoms with E-state index >= 15 is 0 Å². The first kappa shape index (κ1) is 14.3. The molecule has 0 bridgehead atoms. The third-order valence-corrected chi connectivity index (χ3v) is 4.78. The number of sulfonamides is 1. The second-order valence-corrected chi connectivity index (χ2v) is 7.03. The molecule has 1 aromatic rings. The van der Waals surface area contributed by atoms with E-state index < -0.39 is 10.0 Å². The molecule has 0 radical (unpaired) electrons. The lowest BCUT2D eigenvalue weighted by Crippen LogP contribution is -2.31. The van der Waals surface area contributed by atoms with Crippen molar-refractivity contribution in [1.82, 2.24) is 9.62 Å². The Balaban J connectivity index is 1.90. The Labute approximate surface area is 114 Å². The molecule has 0 aromatic heterocycles. The van der Waals surface area contributed by atoms with Crippen LogP contribution < -0.4 is 10.5 Å². The summed E-state index contributed by atoms with van der Waals surface area (Å²) >= 11 is 0. The summed E-state index contributed by atoms with van der Waals surface area (Å²) in [5, 5.41) is 0. The van der Waals surface area contributed by atoms with E-state index in [1.807, 2.05) is 0 Å². The molecule has 1 heterocycles. The van der Waals surface area contributed by atoms with Gasteiger partial charge < -0.3 is 10.6 Å². The van der Waals surface area contributed by atoms with Crippen molar-refractivity contribution in [1.29, 1.82) is 0 Å². The van der Waals surface area contributed by atoms with E-state index in [1.54, 1.807) is 24.3 Å². The number of nitrogens with zero attached hydrogens (tertiary/aromatic N) is 1. The minimum Gasteiger partial charge on any atom is -0.398 e. The Morgan fingerprint density at radius 1 is 1.42 bits per heavy atom. The normalized spacial score (nSPS) is 20.8. The number of hydrogen-bond acceptors (Lipinski definition) is 4. The summed E-state index contributed by atoms with van der Waals surface area (Å²) in [4.78, 5) is 2.22. The lowest BCUT2D eigenvalue weighted by Gasteiger charge is -2.12. The number of rotatable bonds is 5. The van der Waals surface area contributed by atoms with Gasteiger partial charge in [-0.1, -0.05) is 18.2 Å². The van der Waals surface area contributed by atoms with E-state index in [9.17, 15) is 8.42 Å². The predicted octanol–water partition coefficient (Wildman–Crippen LogP) is 0.640. The van der Waals surface area contributed by atoms with Crippen molar-refractivity contribution in [2.24, 2.45) is 5.92 Å². The third-order valence-electron chi connectivity index (χ3n) is 3.48.